The molecule has 0 unspecified atom stereocenters. The fraction of sp³-hybridized carbons (Fsp3) is 0.0714. The zero-order valence-electron chi connectivity index (χ0n) is 10.7. The molecule has 0 spiro atoms. The van der Waals surface area contributed by atoms with Gasteiger partial charge in [0.05, 0.1) is 0 Å². The van der Waals surface area contributed by atoms with E-state index in [1.165, 1.54) is 42.5 Å². The number of amides is 1. The Bertz CT molecular complexity index is 611. The Morgan fingerprint density at radius 3 is 1.85 bits per heavy atom. The molecule has 20 heavy (non-hydrogen) atoms. The van der Waals surface area contributed by atoms with Crippen LogP contribution in [0.1, 0.15) is 10.4 Å². The second-order valence-corrected chi connectivity index (χ2v) is 6.96. The van der Waals surface area contributed by atoms with Crippen molar-refractivity contribution in [3.63, 3.8) is 0 Å². The molecule has 0 bridgehead atoms. The second-order valence-electron chi connectivity index (χ2n) is 4.30. The summed E-state index contributed by atoms with van der Waals surface area (Å²) in [5.74, 6) is -1.04. The molecular weight excluding hydrogens is 286 g/mol. The molecule has 1 amide bonds. The molecule has 6 heteroatoms. The van der Waals surface area contributed by atoms with Crippen LogP contribution in [0.2, 0.25) is 0 Å². The minimum absolute atomic E-state index is 0.0212. The molecule has 0 aromatic heterocycles. The van der Waals surface area contributed by atoms with E-state index in [2.05, 4.69) is 0 Å². The number of rotatable bonds is 3. The Kier molecular flexibility index (Phi) is 3.57. The molecule has 0 heterocycles. The normalized spacial score (nSPS) is 13.3. The molecule has 0 aliphatic rings. The van der Waals surface area contributed by atoms with Crippen molar-refractivity contribution in [2.75, 3.05) is 7.05 Å². The summed E-state index contributed by atoms with van der Waals surface area (Å²) >= 11 is 0. The topological polar surface area (TPSA) is 20.3 Å². The van der Waals surface area contributed by atoms with Crippen molar-refractivity contribution < 1.29 is 17.4 Å². The maximum absolute atomic E-state index is 14.3. The van der Waals surface area contributed by atoms with Gasteiger partial charge in [-0.25, -0.2) is 0 Å². The number of hydrogen-bond donors (Lipinski definition) is 0. The zero-order valence-corrected chi connectivity index (χ0v) is 11.6. The van der Waals surface area contributed by atoms with Crippen LogP contribution < -0.4 is 5.30 Å². The van der Waals surface area contributed by atoms with Gasteiger partial charge >= 0.3 is 114 Å². The van der Waals surface area contributed by atoms with Crippen LogP contribution in [0, 0.1) is 0 Å². The first-order valence-electron chi connectivity index (χ1n) is 5.88. The summed E-state index contributed by atoms with van der Waals surface area (Å²) in [6, 6.07) is 13.6. The Labute approximate surface area is 115 Å². The fourth-order valence-electron chi connectivity index (χ4n) is 1.75. The third kappa shape index (κ3) is 2.54. The third-order valence-electron chi connectivity index (χ3n) is 2.97. The summed E-state index contributed by atoms with van der Waals surface area (Å²) in [6.45, 7) is 0. The van der Waals surface area contributed by atoms with Gasteiger partial charge in [0.25, 0.3) is 0 Å². The van der Waals surface area contributed by atoms with E-state index in [4.69, 9.17) is 0 Å². The summed E-state index contributed by atoms with van der Waals surface area (Å²) in [6.07, 6.45) is 0. The first kappa shape index (κ1) is 14.5. The number of nitrogens with zero attached hydrogens (tertiary/aromatic N) is 1. The van der Waals surface area contributed by atoms with Crippen LogP contribution in [0.25, 0.3) is 0 Å². The van der Waals surface area contributed by atoms with E-state index in [1.807, 2.05) is 0 Å². The van der Waals surface area contributed by atoms with Crippen molar-refractivity contribution in [2.45, 2.75) is 0 Å². The monoisotopic (exact) mass is 299 g/mol. The van der Waals surface area contributed by atoms with Gasteiger partial charge in [0.15, 0.2) is 0 Å². The Balaban J connectivity index is 2.41. The third-order valence-corrected chi connectivity index (χ3v) is 5.25. The van der Waals surface area contributed by atoms with Gasteiger partial charge in [-0.3, -0.25) is 0 Å². The number of carbonyl (C=O) groups is 1. The van der Waals surface area contributed by atoms with E-state index in [1.54, 1.807) is 6.07 Å². The summed E-state index contributed by atoms with van der Waals surface area (Å²) in [4.78, 5) is 12.0. The van der Waals surface area contributed by atoms with Crippen molar-refractivity contribution in [3.05, 3.63) is 66.2 Å². The van der Waals surface area contributed by atoms with E-state index < -0.39 is 18.9 Å². The van der Waals surface area contributed by atoms with Gasteiger partial charge in [-0.2, -0.15) is 0 Å². The van der Waals surface area contributed by atoms with E-state index in [0.717, 1.165) is 19.2 Å². The number of benzene rings is 2. The summed E-state index contributed by atoms with van der Waals surface area (Å²) < 4.78 is 43.0. The van der Waals surface area contributed by atoms with Crippen LogP contribution in [0.3, 0.4) is 0 Å². The molecule has 2 aromatic carbocycles. The van der Waals surface area contributed by atoms with Crippen molar-refractivity contribution in [3.8, 4) is 0 Å². The second kappa shape index (κ2) is 4.91. The van der Waals surface area contributed by atoms with Gasteiger partial charge < -0.3 is 0 Å². The molecule has 0 aliphatic heterocycles. The van der Waals surface area contributed by atoms with Crippen LogP contribution >= 0.6 is 7.69 Å². The van der Waals surface area contributed by atoms with Crippen LogP contribution in [0.5, 0.6) is 0 Å². The zero-order chi connectivity index (χ0) is 14.8. The number of carbonyl (C=O) groups excluding carboxylic acids is 1. The van der Waals surface area contributed by atoms with Crippen molar-refractivity contribution >= 4 is 18.9 Å². The average Bonchev–Trinajstić information content (AvgIpc) is 2.47. The fourth-order valence-corrected chi connectivity index (χ4v) is 3.16. The van der Waals surface area contributed by atoms with Crippen LogP contribution in [0.4, 0.5) is 12.6 Å². The molecule has 0 atom stereocenters. The van der Waals surface area contributed by atoms with E-state index in [0.29, 0.717) is 0 Å². The van der Waals surface area contributed by atoms with Crippen LogP contribution in [0.15, 0.2) is 60.7 Å². The first-order chi connectivity index (χ1) is 9.31. The summed E-state index contributed by atoms with van der Waals surface area (Å²) in [5, 5.41) is -0.759. The molecule has 0 saturated heterocycles. The molecule has 0 fully saturated rings. The molecule has 2 rings (SSSR count). The molecule has 0 N–H and O–H groups in total. The number of halogens is 3. The molecule has 2 nitrogen and oxygen atoms in total. The van der Waals surface area contributed by atoms with E-state index >= 15 is 0 Å². The van der Waals surface area contributed by atoms with Crippen molar-refractivity contribution in [1.29, 1.82) is 0 Å². The quantitative estimate of drug-likeness (QED) is 0.778. The predicted octanol–water partition coefficient (Wildman–Crippen LogP) is 4.21. The van der Waals surface area contributed by atoms with Crippen LogP contribution in [-0.2, 0) is 0 Å². The molecule has 0 saturated carbocycles. The average molecular weight is 299 g/mol. The van der Waals surface area contributed by atoms with Gasteiger partial charge in [-0.15, -0.1) is 0 Å². The molecular formula is C14H13F3NOP. The summed E-state index contributed by atoms with van der Waals surface area (Å²) in [7, 11) is -6.14. The minimum atomic E-state index is -6.93. The predicted molar refractivity (Wildman–Crippen MR) is 74.9 cm³/mol. The van der Waals surface area contributed by atoms with E-state index in [9.17, 15) is 17.4 Å². The van der Waals surface area contributed by atoms with Gasteiger partial charge in [-0.05, 0) is 0 Å². The van der Waals surface area contributed by atoms with Crippen molar-refractivity contribution in [1.82, 2.24) is 4.67 Å². The molecule has 0 aliphatic carbocycles. The van der Waals surface area contributed by atoms with Gasteiger partial charge in [0, 0.05) is 0 Å². The SMILES string of the molecule is CN(C(=O)c1ccccc1)P(F)(F)(F)c1ccccc1. The van der Waals surface area contributed by atoms with Crippen molar-refractivity contribution in [2.24, 2.45) is 0 Å². The number of hydrogen-bond acceptors (Lipinski definition) is 1. The standard InChI is InChI=1S/C14H13F3NOP/c1-18(14(19)12-8-4-2-5-9-12)20(15,16,17)13-10-6-3-7-11-13/h2-11H,1H3. The maximum atomic E-state index is 14.3. The molecule has 2 aromatic rings. The van der Waals surface area contributed by atoms with E-state index in [-0.39, 0.29) is 10.2 Å². The Morgan fingerprint density at radius 2 is 1.35 bits per heavy atom. The Morgan fingerprint density at radius 1 is 0.900 bits per heavy atom. The summed E-state index contributed by atoms with van der Waals surface area (Å²) in [5.41, 5.74) is 0.0212. The van der Waals surface area contributed by atoms with Crippen LogP contribution in [-0.4, -0.2) is 17.6 Å². The molecule has 106 valence electrons. The van der Waals surface area contributed by atoms with Gasteiger partial charge in [0.1, 0.15) is 0 Å². The van der Waals surface area contributed by atoms with Gasteiger partial charge in [-0.1, -0.05) is 0 Å². The van der Waals surface area contributed by atoms with Gasteiger partial charge in [0.2, 0.25) is 0 Å². The molecule has 0 radical (unpaired) electrons. The Hall–Kier alpha value is -1.87. The first-order valence-corrected chi connectivity index (χ1v) is 7.74.